The molecular formula is C15H11F3N4O3. The first-order valence-electron chi connectivity index (χ1n) is 6.91. The van der Waals surface area contributed by atoms with Gasteiger partial charge in [0.15, 0.2) is 0 Å². The van der Waals surface area contributed by atoms with Crippen LogP contribution in [0.3, 0.4) is 0 Å². The molecule has 0 N–H and O–H groups in total. The molecule has 0 saturated heterocycles. The van der Waals surface area contributed by atoms with Gasteiger partial charge < -0.3 is 9.47 Å². The number of hydrogen-bond acceptors (Lipinski definition) is 6. The summed E-state index contributed by atoms with van der Waals surface area (Å²) in [5.41, 5.74) is 0.703. The van der Waals surface area contributed by atoms with Gasteiger partial charge in [0.2, 0.25) is 11.5 Å². The molecule has 0 radical (unpaired) electrons. The van der Waals surface area contributed by atoms with E-state index in [0.717, 1.165) is 10.5 Å². The van der Waals surface area contributed by atoms with Crippen LogP contribution >= 0.6 is 0 Å². The van der Waals surface area contributed by atoms with E-state index >= 15 is 0 Å². The molecule has 2 heterocycles. The van der Waals surface area contributed by atoms with Crippen molar-refractivity contribution in [3.8, 4) is 5.88 Å². The fourth-order valence-corrected chi connectivity index (χ4v) is 2.28. The molecule has 130 valence electrons. The van der Waals surface area contributed by atoms with Crippen LogP contribution in [-0.2, 0) is 15.7 Å². The van der Waals surface area contributed by atoms with E-state index in [2.05, 4.69) is 19.9 Å². The summed E-state index contributed by atoms with van der Waals surface area (Å²) in [6.07, 6.45) is -2.14. The van der Waals surface area contributed by atoms with Crippen LogP contribution in [0.2, 0.25) is 0 Å². The van der Waals surface area contributed by atoms with Crippen LogP contribution < -0.4 is 4.74 Å². The average molecular weight is 352 g/mol. The summed E-state index contributed by atoms with van der Waals surface area (Å²) >= 11 is 0. The van der Waals surface area contributed by atoms with Crippen LogP contribution in [-0.4, -0.2) is 39.8 Å². The van der Waals surface area contributed by atoms with Crippen LogP contribution in [0, 0.1) is 0 Å². The summed E-state index contributed by atoms with van der Waals surface area (Å²) < 4.78 is 50.1. The second kappa shape index (κ2) is 6.04. The lowest BCUT2D eigenvalue weighted by atomic mass is 10.1. The Bertz CT molecular complexity index is 995. The Hall–Kier alpha value is -3.17. The van der Waals surface area contributed by atoms with Crippen molar-refractivity contribution in [1.29, 1.82) is 0 Å². The maximum atomic E-state index is 13.3. The van der Waals surface area contributed by atoms with Gasteiger partial charge in [-0.15, -0.1) is 10.2 Å². The third kappa shape index (κ3) is 2.97. The van der Waals surface area contributed by atoms with E-state index in [0.29, 0.717) is 5.56 Å². The van der Waals surface area contributed by atoms with Gasteiger partial charge in [0.1, 0.15) is 0 Å². The molecule has 25 heavy (non-hydrogen) atoms. The van der Waals surface area contributed by atoms with Crippen molar-refractivity contribution in [2.45, 2.75) is 6.18 Å². The first kappa shape index (κ1) is 16.7. The van der Waals surface area contributed by atoms with Crippen molar-refractivity contribution in [3.05, 3.63) is 35.7 Å². The summed E-state index contributed by atoms with van der Waals surface area (Å²) in [6.45, 7) is 0. The second-order valence-electron chi connectivity index (χ2n) is 4.91. The topological polar surface area (TPSA) is 78.6 Å². The fraction of sp³-hybridized carbons (Fsp3) is 0.200. The van der Waals surface area contributed by atoms with Crippen molar-refractivity contribution >= 4 is 28.7 Å². The number of carbonyl (C=O) groups is 1. The predicted molar refractivity (Wildman–Crippen MR) is 80.9 cm³/mol. The smallest absolute Gasteiger partial charge is 0.452 e. The van der Waals surface area contributed by atoms with Gasteiger partial charge in [-0.05, 0) is 23.8 Å². The number of nitrogens with zero attached hydrogens (tertiary/aromatic N) is 4. The summed E-state index contributed by atoms with van der Waals surface area (Å²) in [4.78, 5) is 15.3. The summed E-state index contributed by atoms with van der Waals surface area (Å²) in [5.74, 6) is -1.85. The van der Waals surface area contributed by atoms with Crippen LogP contribution in [0.1, 0.15) is 11.4 Å². The Balaban J connectivity index is 2.30. The molecular weight excluding hydrogens is 341 g/mol. The molecule has 10 heteroatoms. The quantitative estimate of drug-likeness (QED) is 0.532. The molecule has 3 rings (SSSR count). The third-order valence-corrected chi connectivity index (χ3v) is 3.38. The highest BCUT2D eigenvalue weighted by Gasteiger charge is 2.38. The molecule has 3 aromatic rings. The molecule has 0 atom stereocenters. The van der Waals surface area contributed by atoms with Crippen LogP contribution in [0.25, 0.3) is 22.8 Å². The number of hydrogen-bond donors (Lipinski definition) is 0. The molecule has 7 nitrogen and oxygen atoms in total. The molecule has 0 aliphatic heterocycles. The van der Waals surface area contributed by atoms with Gasteiger partial charge in [-0.2, -0.15) is 13.2 Å². The van der Waals surface area contributed by atoms with Gasteiger partial charge in [0.05, 0.1) is 25.3 Å². The number of esters is 1. The van der Waals surface area contributed by atoms with Crippen molar-refractivity contribution in [1.82, 2.24) is 19.6 Å². The SMILES string of the molecule is COC(=O)/C=C/c1ccc2nc(OC)c3nnc(C(F)(F)F)n3c2c1. The third-order valence-electron chi connectivity index (χ3n) is 3.38. The minimum atomic E-state index is -4.71. The highest BCUT2D eigenvalue weighted by Crippen LogP contribution is 2.32. The average Bonchev–Trinajstić information content (AvgIpc) is 3.04. The van der Waals surface area contributed by atoms with Crippen LogP contribution in [0.15, 0.2) is 24.3 Å². The number of benzene rings is 1. The van der Waals surface area contributed by atoms with Gasteiger partial charge in [-0.3, -0.25) is 4.40 Å². The first-order valence-corrected chi connectivity index (χ1v) is 6.91. The maximum Gasteiger partial charge on any atom is 0.452 e. The second-order valence-corrected chi connectivity index (χ2v) is 4.91. The van der Waals surface area contributed by atoms with Crippen LogP contribution in [0.4, 0.5) is 13.2 Å². The Kier molecular flexibility index (Phi) is 4.03. The van der Waals surface area contributed by atoms with Crippen molar-refractivity contribution in [2.24, 2.45) is 0 Å². The maximum absolute atomic E-state index is 13.3. The molecule has 0 amide bonds. The van der Waals surface area contributed by atoms with Gasteiger partial charge in [0.25, 0.3) is 5.88 Å². The van der Waals surface area contributed by atoms with Crippen molar-refractivity contribution in [2.75, 3.05) is 14.2 Å². The highest BCUT2D eigenvalue weighted by molar-refractivity contribution is 5.88. The van der Waals surface area contributed by atoms with E-state index in [1.165, 1.54) is 32.4 Å². The minimum absolute atomic E-state index is 0.0756. The van der Waals surface area contributed by atoms with Crippen molar-refractivity contribution < 1.29 is 27.4 Å². The summed E-state index contributed by atoms with van der Waals surface area (Å²) in [6, 6.07) is 4.54. The molecule has 0 bridgehead atoms. The van der Waals surface area contributed by atoms with Crippen molar-refractivity contribution in [3.63, 3.8) is 0 Å². The van der Waals surface area contributed by atoms with Gasteiger partial charge in [-0.1, -0.05) is 6.07 Å². The number of aromatic nitrogens is 4. The zero-order chi connectivity index (χ0) is 18.2. The van der Waals surface area contributed by atoms with E-state index in [1.807, 2.05) is 0 Å². The Labute approximate surface area is 138 Å². The molecule has 0 aliphatic rings. The summed E-state index contributed by atoms with van der Waals surface area (Å²) in [5, 5.41) is 6.75. The van der Waals surface area contributed by atoms with Gasteiger partial charge in [-0.25, -0.2) is 9.78 Å². The number of carbonyl (C=O) groups excluding carboxylic acids is 1. The molecule has 0 spiro atoms. The van der Waals surface area contributed by atoms with E-state index < -0.39 is 18.0 Å². The predicted octanol–water partition coefficient (Wildman–Crippen LogP) is 2.49. The number of halogens is 3. The lowest BCUT2D eigenvalue weighted by molar-refractivity contribution is -0.145. The molecule has 0 fully saturated rings. The van der Waals surface area contributed by atoms with E-state index in [9.17, 15) is 18.0 Å². The van der Waals surface area contributed by atoms with E-state index in [4.69, 9.17) is 4.74 Å². The molecule has 0 aliphatic carbocycles. The van der Waals surface area contributed by atoms with Crippen LogP contribution in [0.5, 0.6) is 5.88 Å². The zero-order valence-electron chi connectivity index (χ0n) is 13.0. The number of alkyl halides is 3. The molecule has 1 aromatic carbocycles. The van der Waals surface area contributed by atoms with Gasteiger partial charge in [0, 0.05) is 6.08 Å². The lowest BCUT2D eigenvalue weighted by Crippen LogP contribution is -2.12. The summed E-state index contributed by atoms with van der Waals surface area (Å²) in [7, 11) is 2.50. The minimum Gasteiger partial charge on any atom is -0.478 e. The molecule has 2 aromatic heterocycles. The Morgan fingerprint density at radius 3 is 2.64 bits per heavy atom. The molecule has 0 saturated carbocycles. The monoisotopic (exact) mass is 352 g/mol. The highest BCUT2D eigenvalue weighted by atomic mass is 19.4. The zero-order valence-corrected chi connectivity index (χ0v) is 13.0. The van der Waals surface area contributed by atoms with Gasteiger partial charge >= 0.3 is 12.1 Å². The standard InChI is InChI=1S/C15H11F3N4O3/c1-24-11(23)6-4-8-3-5-9-10(7-8)22-12(13(19-9)25-2)20-21-14(22)15(16,17)18/h3-7H,1-2H3/b6-4+. The Morgan fingerprint density at radius 1 is 1.24 bits per heavy atom. The number of fused-ring (bicyclic) bond motifs is 3. The largest absolute Gasteiger partial charge is 0.478 e. The lowest BCUT2D eigenvalue weighted by Gasteiger charge is -2.09. The number of ether oxygens (including phenoxy) is 2. The Morgan fingerprint density at radius 2 is 2.00 bits per heavy atom. The van der Waals surface area contributed by atoms with E-state index in [1.54, 1.807) is 6.07 Å². The van der Waals surface area contributed by atoms with E-state index in [-0.39, 0.29) is 22.6 Å². The number of rotatable bonds is 3. The first-order chi connectivity index (χ1) is 11.8. The normalized spacial score (nSPS) is 12.2. The fourth-order valence-electron chi connectivity index (χ4n) is 2.28. The number of methoxy groups -OCH3 is 2. The molecule has 0 unspecified atom stereocenters.